The van der Waals surface area contributed by atoms with Crippen molar-refractivity contribution in [3.63, 3.8) is 0 Å². The Hall–Kier alpha value is -2.22. The molecule has 28 heavy (non-hydrogen) atoms. The van der Waals surface area contributed by atoms with Crippen LogP contribution >= 0.6 is 0 Å². The van der Waals surface area contributed by atoms with E-state index < -0.39 is 10.0 Å². The van der Waals surface area contributed by atoms with Crippen molar-refractivity contribution in [3.05, 3.63) is 60.2 Å². The summed E-state index contributed by atoms with van der Waals surface area (Å²) in [5, 5.41) is 2.75. The number of sulfonamides is 1. The number of rotatable bonds is 10. The van der Waals surface area contributed by atoms with Gasteiger partial charge in [-0.05, 0) is 35.7 Å². The predicted octanol–water partition coefficient (Wildman–Crippen LogP) is 3.51. The summed E-state index contributed by atoms with van der Waals surface area (Å²) in [5.74, 6) is 0.262. The third-order valence-electron chi connectivity index (χ3n) is 4.02. The van der Waals surface area contributed by atoms with Crippen LogP contribution in [-0.4, -0.2) is 38.9 Å². The summed E-state index contributed by atoms with van der Waals surface area (Å²) in [5.41, 5.74) is 1.47. The van der Waals surface area contributed by atoms with Gasteiger partial charge in [0.25, 0.3) is 0 Å². The molecule has 2 aromatic carbocycles. The monoisotopic (exact) mass is 404 g/mol. The van der Waals surface area contributed by atoms with Crippen molar-refractivity contribution in [2.24, 2.45) is 5.92 Å². The molecule has 0 aromatic heterocycles. The van der Waals surface area contributed by atoms with Crippen molar-refractivity contribution < 1.29 is 17.9 Å². The maximum absolute atomic E-state index is 12.7. The number of nitrogens with one attached hydrogen (secondary N) is 1. The third kappa shape index (κ3) is 6.74. The van der Waals surface area contributed by atoms with Crippen LogP contribution in [0.1, 0.15) is 25.8 Å². The predicted molar refractivity (Wildman–Crippen MR) is 110 cm³/mol. The lowest BCUT2D eigenvalue weighted by Crippen LogP contribution is -2.26. The summed E-state index contributed by atoms with van der Waals surface area (Å²) in [7, 11) is -2.06. The van der Waals surface area contributed by atoms with E-state index in [0.29, 0.717) is 24.8 Å². The van der Waals surface area contributed by atoms with Crippen molar-refractivity contribution in [3.8, 4) is 0 Å². The van der Waals surface area contributed by atoms with E-state index in [-0.39, 0.29) is 23.8 Å². The molecule has 0 saturated carbocycles. The van der Waals surface area contributed by atoms with Gasteiger partial charge in [0.1, 0.15) is 0 Å². The minimum atomic E-state index is -3.61. The molecule has 0 radical (unpaired) electrons. The number of anilines is 1. The van der Waals surface area contributed by atoms with Crippen LogP contribution in [0.3, 0.4) is 0 Å². The summed E-state index contributed by atoms with van der Waals surface area (Å²) in [6.07, 6.45) is 0.257. The van der Waals surface area contributed by atoms with Crippen molar-refractivity contribution in [2.45, 2.75) is 31.7 Å². The first-order valence-electron chi connectivity index (χ1n) is 9.27. The Morgan fingerprint density at radius 3 is 2.32 bits per heavy atom. The second-order valence-corrected chi connectivity index (χ2v) is 9.08. The Bertz CT molecular complexity index is 850. The molecule has 0 spiro atoms. The maximum atomic E-state index is 12.7. The molecule has 1 N–H and O–H groups in total. The van der Waals surface area contributed by atoms with Crippen molar-refractivity contribution in [1.82, 2.24) is 4.31 Å². The zero-order chi connectivity index (χ0) is 20.6. The fourth-order valence-electron chi connectivity index (χ4n) is 2.52. The number of carbonyl (C=O) groups is 1. The zero-order valence-electron chi connectivity index (χ0n) is 16.6. The Labute approximate surface area is 167 Å². The van der Waals surface area contributed by atoms with Gasteiger partial charge in [-0.3, -0.25) is 4.79 Å². The molecular weight excluding hydrogens is 376 g/mol. The number of ether oxygens (including phenoxy) is 1. The lowest BCUT2D eigenvalue weighted by atomic mass is 10.2. The molecular formula is C21H28N2O4S. The minimum Gasteiger partial charge on any atom is -0.381 e. The van der Waals surface area contributed by atoms with Gasteiger partial charge in [-0.15, -0.1) is 0 Å². The largest absolute Gasteiger partial charge is 0.381 e. The van der Waals surface area contributed by atoms with Crippen molar-refractivity contribution in [1.29, 1.82) is 0 Å². The van der Waals surface area contributed by atoms with Crippen LogP contribution in [0.2, 0.25) is 0 Å². The van der Waals surface area contributed by atoms with Gasteiger partial charge >= 0.3 is 0 Å². The molecule has 152 valence electrons. The fourth-order valence-corrected chi connectivity index (χ4v) is 3.68. The number of benzene rings is 2. The van der Waals surface area contributed by atoms with E-state index in [2.05, 4.69) is 5.32 Å². The molecule has 0 heterocycles. The van der Waals surface area contributed by atoms with Crippen molar-refractivity contribution in [2.75, 3.05) is 25.6 Å². The van der Waals surface area contributed by atoms with E-state index in [9.17, 15) is 13.2 Å². The van der Waals surface area contributed by atoms with E-state index >= 15 is 0 Å². The first-order valence-corrected chi connectivity index (χ1v) is 10.7. The molecule has 0 bridgehead atoms. The molecule has 7 heteroatoms. The average Bonchev–Trinajstić information content (AvgIpc) is 2.66. The van der Waals surface area contributed by atoms with Gasteiger partial charge < -0.3 is 10.1 Å². The molecule has 0 saturated heterocycles. The van der Waals surface area contributed by atoms with Crippen LogP contribution in [0, 0.1) is 5.92 Å². The second-order valence-electron chi connectivity index (χ2n) is 7.04. The first-order chi connectivity index (χ1) is 13.3. The summed E-state index contributed by atoms with van der Waals surface area (Å²) in [6.45, 7) is 5.37. The lowest BCUT2D eigenvalue weighted by molar-refractivity contribution is -0.117. The highest BCUT2D eigenvalue weighted by molar-refractivity contribution is 7.89. The number of carbonyl (C=O) groups excluding carboxylic acids is 1. The minimum absolute atomic E-state index is 0.166. The highest BCUT2D eigenvalue weighted by Gasteiger charge is 2.20. The van der Waals surface area contributed by atoms with Gasteiger partial charge in [0, 0.05) is 25.9 Å². The van der Waals surface area contributed by atoms with Crippen LogP contribution < -0.4 is 5.32 Å². The van der Waals surface area contributed by atoms with E-state index in [0.717, 1.165) is 5.56 Å². The maximum Gasteiger partial charge on any atom is 0.243 e. The molecule has 0 aliphatic rings. The number of nitrogens with zero attached hydrogens (tertiary/aromatic N) is 1. The Morgan fingerprint density at radius 1 is 1.07 bits per heavy atom. The molecule has 0 fully saturated rings. The Kier molecular flexibility index (Phi) is 8.17. The fraction of sp³-hybridized carbons (Fsp3) is 0.381. The quantitative estimate of drug-likeness (QED) is 0.615. The normalized spacial score (nSPS) is 11.8. The molecule has 6 nitrogen and oxygen atoms in total. The molecule has 0 aliphatic carbocycles. The van der Waals surface area contributed by atoms with Crippen LogP contribution in [0.25, 0.3) is 0 Å². The smallest absolute Gasteiger partial charge is 0.243 e. The Balaban J connectivity index is 1.92. The molecule has 2 rings (SSSR count). The van der Waals surface area contributed by atoms with Gasteiger partial charge in [-0.1, -0.05) is 44.2 Å². The van der Waals surface area contributed by atoms with Crippen LogP contribution in [-0.2, 0) is 26.1 Å². The SMILES string of the molecule is CC(C)COCCC(=O)Nc1ccc(S(=O)(=O)N(C)Cc2ccccc2)cc1. The molecule has 2 aromatic rings. The summed E-state index contributed by atoms with van der Waals surface area (Å²) >= 11 is 0. The summed E-state index contributed by atoms with van der Waals surface area (Å²) in [4.78, 5) is 12.1. The topological polar surface area (TPSA) is 75.7 Å². The van der Waals surface area contributed by atoms with E-state index in [1.54, 1.807) is 19.2 Å². The zero-order valence-corrected chi connectivity index (χ0v) is 17.4. The van der Waals surface area contributed by atoms with Gasteiger partial charge in [-0.25, -0.2) is 8.42 Å². The van der Waals surface area contributed by atoms with E-state index in [4.69, 9.17) is 4.74 Å². The summed E-state index contributed by atoms with van der Waals surface area (Å²) in [6, 6.07) is 15.6. The first kappa shape index (κ1) is 22.1. The van der Waals surface area contributed by atoms with Gasteiger partial charge in [-0.2, -0.15) is 4.31 Å². The standard InChI is InChI=1S/C21H28N2O4S/c1-17(2)16-27-14-13-21(24)22-19-9-11-20(12-10-19)28(25,26)23(3)15-18-7-5-4-6-8-18/h4-12,17H,13-16H2,1-3H3,(H,22,24). The van der Waals surface area contributed by atoms with Crippen LogP contribution in [0.5, 0.6) is 0 Å². The molecule has 0 aliphatic heterocycles. The Morgan fingerprint density at radius 2 is 1.71 bits per heavy atom. The highest BCUT2D eigenvalue weighted by atomic mass is 32.2. The lowest BCUT2D eigenvalue weighted by Gasteiger charge is -2.17. The van der Waals surface area contributed by atoms with Gasteiger partial charge in [0.15, 0.2) is 0 Å². The van der Waals surface area contributed by atoms with E-state index in [1.807, 2.05) is 44.2 Å². The number of amides is 1. The number of hydrogen-bond acceptors (Lipinski definition) is 4. The van der Waals surface area contributed by atoms with Crippen LogP contribution in [0.4, 0.5) is 5.69 Å². The number of hydrogen-bond donors (Lipinski definition) is 1. The average molecular weight is 405 g/mol. The third-order valence-corrected chi connectivity index (χ3v) is 5.84. The second kappa shape index (κ2) is 10.4. The van der Waals surface area contributed by atoms with Gasteiger partial charge in [0.05, 0.1) is 17.9 Å². The molecule has 1 amide bonds. The van der Waals surface area contributed by atoms with Crippen molar-refractivity contribution >= 4 is 21.6 Å². The van der Waals surface area contributed by atoms with Crippen LogP contribution in [0.15, 0.2) is 59.5 Å². The highest BCUT2D eigenvalue weighted by Crippen LogP contribution is 2.19. The van der Waals surface area contributed by atoms with E-state index in [1.165, 1.54) is 16.4 Å². The molecule has 0 unspecified atom stereocenters. The summed E-state index contributed by atoms with van der Waals surface area (Å²) < 4.78 is 32.1. The van der Waals surface area contributed by atoms with Gasteiger partial charge in [0.2, 0.25) is 15.9 Å². The molecule has 0 atom stereocenters.